The van der Waals surface area contributed by atoms with Crippen LogP contribution in [0, 0.1) is 0 Å². The predicted octanol–water partition coefficient (Wildman–Crippen LogP) is 0.709. The minimum Gasteiger partial charge on any atom is -0.494 e. The number of carbonyl (C=O) groups excluding carboxylic acids is 1. The maximum atomic E-state index is 12.6. The Morgan fingerprint density at radius 1 is 1.60 bits per heavy atom. The van der Waals surface area contributed by atoms with Crippen LogP contribution in [0.15, 0.2) is 6.20 Å². The molecule has 4 N–H and O–H groups in total. The van der Waals surface area contributed by atoms with Crippen molar-refractivity contribution in [1.82, 2.24) is 4.98 Å². The molecule has 1 rings (SSSR count). The van der Waals surface area contributed by atoms with Gasteiger partial charge >= 0.3 is 0 Å². The van der Waals surface area contributed by atoms with Crippen molar-refractivity contribution < 1.29 is 18.3 Å². The number of halogens is 2. The highest BCUT2D eigenvalue weighted by molar-refractivity contribution is 5.98. The fraction of sp³-hybridized carbons (Fsp3) is 0.250. The number of hydrogen-bond donors (Lipinski definition) is 2. The molecule has 15 heavy (non-hydrogen) atoms. The Balaban J connectivity index is 3.51. The van der Waals surface area contributed by atoms with E-state index in [0.717, 1.165) is 6.20 Å². The van der Waals surface area contributed by atoms with Gasteiger partial charge in [0.1, 0.15) is 5.82 Å². The summed E-state index contributed by atoms with van der Waals surface area (Å²) in [5.74, 6) is -1.58. The Hall–Kier alpha value is -1.92. The third-order valence-electron chi connectivity index (χ3n) is 1.80. The molecule has 82 valence electrons. The van der Waals surface area contributed by atoms with Gasteiger partial charge in [-0.3, -0.25) is 4.79 Å². The van der Waals surface area contributed by atoms with E-state index in [0.29, 0.717) is 0 Å². The molecule has 0 saturated carbocycles. The lowest BCUT2D eigenvalue weighted by molar-refractivity contribution is 0.0982. The highest BCUT2D eigenvalue weighted by Gasteiger charge is 2.24. The van der Waals surface area contributed by atoms with Crippen LogP contribution in [0.4, 0.5) is 14.6 Å². The maximum Gasteiger partial charge on any atom is 0.268 e. The number of pyridine rings is 1. The van der Waals surface area contributed by atoms with Crippen LogP contribution in [-0.2, 0) is 0 Å². The first-order valence-corrected chi connectivity index (χ1v) is 3.89. The zero-order valence-electron chi connectivity index (χ0n) is 7.83. The summed E-state index contributed by atoms with van der Waals surface area (Å²) >= 11 is 0. The number of hydrogen-bond acceptors (Lipinski definition) is 4. The van der Waals surface area contributed by atoms with E-state index in [1.54, 1.807) is 0 Å². The topological polar surface area (TPSA) is 91.2 Å². The number of primary amides is 1. The van der Waals surface area contributed by atoms with Crippen LogP contribution in [0.5, 0.6) is 5.75 Å². The molecule has 0 bridgehead atoms. The number of carbonyl (C=O) groups is 1. The summed E-state index contributed by atoms with van der Waals surface area (Å²) in [7, 11) is 1.22. The molecule has 0 saturated heterocycles. The Labute approximate surface area is 84.0 Å². The molecular formula is C8H9F2N3O2. The molecule has 0 unspecified atom stereocenters. The molecule has 0 aliphatic rings. The fourth-order valence-electron chi connectivity index (χ4n) is 1.15. The third kappa shape index (κ3) is 1.95. The molecule has 1 amide bonds. The van der Waals surface area contributed by atoms with Gasteiger partial charge in [0, 0.05) is 0 Å². The molecule has 0 atom stereocenters. The van der Waals surface area contributed by atoms with Crippen LogP contribution in [0.25, 0.3) is 0 Å². The number of amides is 1. The summed E-state index contributed by atoms with van der Waals surface area (Å²) in [6.07, 6.45) is -1.86. The highest BCUT2D eigenvalue weighted by atomic mass is 19.3. The van der Waals surface area contributed by atoms with Gasteiger partial charge in [0.25, 0.3) is 12.3 Å². The van der Waals surface area contributed by atoms with E-state index in [1.807, 2.05) is 0 Å². The van der Waals surface area contributed by atoms with E-state index in [4.69, 9.17) is 16.2 Å². The molecule has 0 aliphatic heterocycles. The molecule has 0 radical (unpaired) electrons. The molecule has 0 aromatic carbocycles. The highest BCUT2D eigenvalue weighted by Crippen LogP contribution is 2.32. The summed E-state index contributed by atoms with van der Waals surface area (Å²) < 4.78 is 29.9. The van der Waals surface area contributed by atoms with Gasteiger partial charge in [-0.1, -0.05) is 0 Å². The Morgan fingerprint density at radius 3 is 2.60 bits per heavy atom. The summed E-state index contributed by atoms with van der Waals surface area (Å²) in [5.41, 5.74) is 9.07. The molecule has 0 aliphatic carbocycles. The van der Waals surface area contributed by atoms with E-state index in [1.165, 1.54) is 7.11 Å². The van der Waals surface area contributed by atoms with Crippen molar-refractivity contribution in [3.05, 3.63) is 17.3 Å². The van der Waals surface area contributed by atoms with Crippen LogP contribution in [-0.4, -0.2) is 18.0 Å². The second-order valence-electron chi connectivity index (χ2n) is 2.67. The smallest absolute Gasteiger partial charge is 0.268 e. The Bertz CT molecular complexity index is 396. The number of nitrogens with zero attached hydrogens (tertiary/aromatic N) is 1. The Kier molecular flexibility index (Phi) is 3.03. The lowest BCUT2D eigenvalue weighted by Gasteiger charge is -2.11. The number of methoxy groups -OCH3 is 1. The van der Waals surface area contributed by atoms with Crippen molar-refractivity contribution in [3.63, 3.8) is 0 Å². The summed E-state index contributed by atoms with van der Waals surface area (Å²) in [6, 6.07) is 0. The van der Waals surface area contributed by atoms with Crippen molar-refractivity contribution in [2.45, 2.75) is 6.43 Å². The molecule has 5 nitrogen and oxygen atoms in total. The summed E-state index contributed by atoms with van der Waals surface area (Å²) in [4.78, 5) is 14.5. The number of alkyl halides is 2. The number of rotatable bonds is 3. The predicted molar refractivity (Wildman–Crippen MR) is 48.7 cm³/mol. The zero-order chi connectivity index (χ0) is 11.6. The van der Waals surface area contributed by atoms with E-state index < -0.39 is 29.3 Å². The van der Waals surface area contributed by atoms with Crippen LogP contribution in [0.3, 0.4) is 0 Å². The van der Waals surface area contributed by atoms with Gasteiger partial charge in [-0.15, -0.1) is 0 Å². The van der Waals surface area contributed by atoms with E-state index >= 15 is 0 Å². The molecule has 1 aromatic heterocycles. The third-order valence-corrected chi connectivity index (χ3v) is 1.80. The number of nitrogens with two attached hydrogens (primary N) is 2. The van der Waals surface area contributed by atoms with Crippen LogP contribution in [0.1, 0.15) is 22.3 Å². The number of nitrogen functional groups attached to an aromatic ring is 1. The molecule has 1 heterocycles. The molecular weight excluding hydrogens is 208 g/mol. The average molecular weight is 217 g/mol. The zero-order valence-corrected chi connectivity index (χ0v) is 7.83. The minimum atomic E-state index is -2.94. The Morgan fingerprint density at radius 2 is 2.20 bits per heavy atom. The van der Waals surface area contributed by atoms with Gasteiger partial charge in [0.2, 0.25) is 0 Å². The number of ether oxygens (including phenoxy) is 1. The monoisotopic (exact) mass is 217 g/mol. The number of anilines is 1. The van der Waals surface area contributed by atoms with Crippen molar-refractivity contribution >= 4 is 11.7 Å². The standard InChI is InChI=1S/C8H9F2N3O2/c1-15-3-2-13-7(11)5(6(9)10)4(3)8(12)14/h2,6H,1H3,(H2,11,13)(H2,12,14). The largest absolute Gasteiger partial charge is 0.494 e. The van der Waals surface area contributed by atoms with Crippen LogP contribution >= 0.6 is 0 Å². The fourth-order valence-corrected chi connectivity index (χ4v) is 1.15. The van der Waals surface area contributed by atoms with Crippen molar-refractivity contribution in [3.8, 4) is 5.75 Å². The first kappa shape index (κ1) is 11.2. The molecule has 1 aromatic rings. The van der Waals surface area contributed by atoms with Crippen LogP contribution < -0.4 is 16.2 Å². The second-order valence-corrected chi connectivity index (χ2v) is 2.67. The van der Waals surface area contributed by atoms with Gasteiger partial charge < -0.3 is 16.2 Å². The van der Waals surface area contributed by atoms with Gasteiger partial charge in [-0.05, 0) is 0 Å². The molecule has 0 spiro atoms. The van der Waals surface area contributed by atoms with Crippen molar-refractivity contribution in [1.29, 1.82) is 0 Å². The second kappa shape index (κ2) is 4.07. The SMILES string of the molecule is COc1cnc(N)c(C(F)F)c1C(N)=O. The molecule has 7 heteroatoms. The lowest BCUT2D eigenvalue weighted by atomic mass is 10.1. The van der Waals surface area contributed by atoms with Gasteiger partial charge in [-0.25, -0.2) is 13.8 Å². The first-order chi connectivity index (χ1) is 6.99. The van der Waals surface area contributed by atoms with E-state index in [2.05, 4.69) is 4.98 Å². The minimum absolute atomic E-state index is 0.119. The number of aromatic nitrogens is 1. The van der Waals surface area contributed by atoms with Crippen molar-refractivity contribution in [2.24, 2.45) is 5.73 Å². The lowest BCUT2D eigenvalue weighted by Crippen LogP contribution is -2.17. The van der Waals surface area contributed by atoms with E-state index in [9.17, 15) is 13.6 Å². The van der Waals surface area contributed by atoms with Gasteiger partial charge in [0.15, 0.2) is 5.75 Å². The summed E-state index contributed by atoms with van der Waals surface area (Å²) in [6.45, 7) is 0. The summed E-state index contributed by atoms with van der Waals surface area (Å²) in [5, 5.41) is 0. The maximum absolute atomic E-state index is 12.6. The first-order valence-electron chi connectivity index (χ1n) is 3.89. The van der Waals surface area contributed by atoms with Crippen molar-refractivity contribution in [2.75, 3.05) is 12.8 Å². The van der Waals surface area contributed by atoms with E-state index in [-0.39, 0.29) is 5.75 Å². The quantitative estimate of drug-likeness (QED) is 0.779. The van der Waals surface area contributed by atoms with Gasteiger partial charge in [0.05, 0.1) is 24.4 Å². The normalized spacial score (nSPS) is 10.4. The molecule has 0 fully saturated rings. The van der Waals surface area contributed by atoms with Gasteiger partial charge in [-0.2, -0.15) is 0 Å². The van der Waals surface area contributed by atoms with Crippen LogP contribution in [0.2, 0.25) is 0 Å². The average Bonchev–Trinajstić information content (AvgIpc) is 2.16.